The number of nitrogens with one attached hydrogen (secondary N) is 1. The molecule has 0 aliphatic rings. The van der Waals surface area contributed by atoms with Gasteiger partial charge in [-0.2, -0.15) is 0 Å². The van der Waals surface area contributed by atoms with Gasteiger partial charge in [-0.25, -0.2) is 9.59 Å². The predicted molar refractivity (Wildman–Crippen MR) is 76.1 cm³/mol. The minimum Gasteiger partial charge on any atom is -0.479 e. The van der Waals surface area contributed by atoms with Gasteiger partial charge in [-0.3, -0.25) is 0 Å². The molecule has 1 aromatic carbocycles. The molecule has 0 amide bonds. The van der Waals surface area contributed by atoms with Crippen molar-refractivity contribution in [2.45, 2.75) is 18.4 Å². The number of H-pyrrole nitrogens is 1. The summed E-state index contributed by atoms with van der Waals surface area (Å²) < 4.78 is 0. The topological polar surface area (TPSA) is 143 Å². The molecule has 1 heterocycles. The molecule has 0 unspecified atom stereocenters. The van der Waals surface area contributed by atoms with Crippen molar-refractivity contribution in [1.82, 2.24) is 4.98 Å². The summed E-state index contributed by atoms with van der Waals surface area (Å²) in [7, 11) is 0. The molecule has 0 saturated carbocycles. The number of para-hydroxylation sites is 1. The second kappa shape index (κ2) is 5.86. The first-order valence-corrected chi connectivity index (χ1v) is 6.32. The summed E-state index contributed by atoms with van der Waals surface area (Å²) in [5.41, 5.74) is -1.95. The number of fused-ring (bicyclic) bond motifs is 1. The number of oxime groups is 1. The van der Waals surface area contributed by atoms with Gasteiger partial charge in [0, 0.05) is 29.9 Å². The molecular weight excluding hydrogens is 292 g/mol. The Labute approximate surface area is 124 Å². The van der Waals surface area contributed by atoms with E-state index in [4.69, 9.17) is 10.3 Å². The number of benzene rings is 1. The number of carboxylic acid groups (broad SMARTS) is 2. The largest absolute Gasteiger partial charge is 0.479 e. The first-order chi connectivity index (χ1) is 10.4. The van der Waals surface area contributed by atoms with Crippen LogP contribution in [0.25, 0.3) is 10.9 Å². The Morgan fingerprint density at radius 3 is 2.50 bits per heavy atom. The highest BCUT2D eigenvalue weighted by Crippen LogP contribution is 2.25. The van der Waals surface area contributed by atoms with Crippen LogP contribution in [0.2, 0.25) is 0 Å². The molecule has 0 saturated heterocycles. The molecular formula is C14H14N2O6. The summed E-state index contributed by atoms with van der Waals surface area (Å²) in [4.78, 5) is 25.2. The monoisotopic (exact) mass is 306 g/mol. The molecule has 2 aromatic rings. The Morgan fingerprint density at radius 2 is 1.91 bits per heavy atom. The summed E-state index contributed by atoms with van der Waals surface area (Å²) in [5, 5.41) is 40.2. The lowest BCUT2D eigenvalue weighted by Gasteiger charge is -2.22. The number of hydrogen-bond acceptors (Lipinski definition) is 5. The van der Waals surface area contributed by atoms with E-state index in [9.17, 15) is 19.8 Å². The number of hydrogen-bond donors (Lipinski definition) is 5. The van der Waals surface area contributed by atoms with Crippen LogP contribution in [0.5, 0.6) is 0 Å². The summed E-state index contributed by atoms with van der Waals surface area (Å²) in [6, 6.07) is 7.10. The second-order valence-corrected chi connectivity index (χ2v) is 4.90. The molecule has 0 aliphatic heterocycles. The summed E-state index contributed by atoms with van der Waals surface area (Å²) in [6.07, 6.45) is 0.390. The number of aliphatic carboxylic acids is 2. The van der Waals surface area contributed by atoms with Crippen LogP contribution < -0.4 is 0 Å². The van der Waals surface area contributed by atoms with E-state index in [1.54, 1.807) is 30.5 Å². The van der Waals surface area contributed by atoms with E-state index in [1.807, 2.05) is 0 Å². The van der Waals surface area contributed by atoms with E-state index in [0.29, 0.717) is 5.56 Å². The van der Waals surface area contributed by atoms with Crippen molar-refractivity contribution in [2.75, 3.05) is 0 Å². The van der Waals surface area contributed by atoms with E-state index in [1.165, 1.54) is 0 Å². The fraction of sp³-hybridized carbons (Fsp3) is 0.214. The zero-order valence-electron chi connectivity index (χ0n) is 11.4. The molecule has 0 fully saturated rings. The van der Waals surface area contributed by atoms with Crippen LogP contribution in [0.15, 0.2) is 35.6 Å². The lowest BCUT2D eigenvalue weighted by molar-refractivity contribution is -0.157. The highest BCUT2D eigenvalue weighted by molar-refractivity contribution is 6.36. The fourth-order valence-electron chi connectivity index (χ4n) is 2.24. The highest BCUT2D eigenvalue weighted by Gasteiger charge is 2.40. The maximum absolute atomic E-state index is 11.4. The van der Waals surface area contributed by atoms with E-state index in [0.717, 1.165) is 10.9 Å². The molecule has 1 aromatic heterocycles. The third kappa shape index (κ3) is 2.91. The van der Waals surface area contributed by atoms with Crippen LogP contribution in [-0.4, -0.2) is 48.8 Å². The second-order valence-electron chi connectivity index (χ2n) is 4.90. The maximum atomic E-state index is 11.4. The van der Waals surface area contributed by atoms with E-state index < -0.39 is 29.7 Å². The minimum atomic E-state index is -2.40. The normalized spacial score (nSPS) is 14.7. The quantitative estimate of drug-likeness (QED) is 0.304. The average molecular weight is 306 g/mol. The Bertz CT molecular complexity index is 751. The summed E-state index contributed by atoms with van der Waals surface area (Å²) in [5.74, 6) is -3.19. The minimum absolute atomic E-state index is 0.335. The Balaban J connectivity index is 2.36. The molecule has 0 bridgehead atoms. The lowest BCUT2D eigenvalue weighted by Crippen LogP contribution is -2.44. The van der Waals surface area contributed by atoms with Gasteiger partial charge in [-0.05, 0) is 11.6 Å². The van der Waals surface area contributed by atoms with Crippen molar-refractivity contribution in [1.29, 1.82) is 0 Å². The first kappa shape index (κ1) is 15.5. The van der Waals surface area contributed by atoms with Crippen LogP contribution in [0.4, 0.5) is 0 Å². The summed E-state index contributed by atoms with van der Waals surface area (Å²) in [6.45, 7) is 0. The third-order valence-electron chi connectivity index (χ3n) is 3.38. The number of nitrogens with zero attached hydrogens (tertiary/aromatic N) is 1. The average Bonchev–Trinajstić information content (AvgIpc) is 2.87. The molecule has 8 heteroatoms. The zero-order chi connectivity index (χ0) is 16.3. The molecule has 0 radical (unpaired) electrons. The van der Waals surface area contributed by atoms with Crippen LogP contribution >= 0.6 is 0 Å². The Hall–Kier alpha value is -2.87. The van der Waals surface area contributed by atoms with E-state index in [2.05, 4.69) is 10.1 Å². The Kier molecular flexibility index (Phi) is 4.13. The first-order valence-electron chi connectivity index (χ1n) is 6.32. The van der Waals surface area contributed by atoms with Crippen LogP contribution in [0.1, 0.15) is 12.0 Å². The number of aromatic nitrogens is 1. The fourth-order valence-corrected chi connectivity index (χ4v) is 2.24. The molecule has 8 nitrogen and oxygen atoms in total. The molecule has 0 aliphatic carbocycles. The standard InChI is InChI=1S/C14H14N2O6/c17-12(18)11(16-22)6-14(21,13(19)20)5-8-7-15-10-4-2-1-3-9(8)10/h1-4,7,15,21-22H,5-6H2,(H,17,18)(H,19,20)/b16-11-/t14-/m0/s1. The van der Waals surface area contributed by atoms with Crippen molar-refractivity contribution in [3.8, 4) is 0 Å². The van der Waals surface area contributed by atoms with Crippen LogP contribution in [0.3, 0.4) is 0 Å². The molecule has 116 valence electrons. The number of carboxylic acids is 2. The van der Waals surface area contributed by atoms with Crippen LogP contribution in [0, 0.1) is 0 Å². The van der Waals surface area contributed by atoms with E-state index in [-0.39, 0.29) is 6.42 Å². The SMILES string of the molecule is O=C(O)/C(C[C@@](O)(Cc1c[nH]c2ccccc12)C(=O)O)=N\O. The number of rotatable bonds is 6. The highest BCUT2D eigenvalue weighted by atomic mass is 16.4. The zero-order valence-corrected chi connectivity index (χ0v) is 11.4. The van der Waals surface area contributed by atoms with Crippen LogP contribution in [-0.2, 0) is 16.0 Å². The van der Waals surface area contributed by atoms with Crippen molar-refractivity contribution < 1.29 is 30.1 Å². The van der Waals surface area contributed by atoms with Gasteiger partial charge in [0.1, 0.15) is 0 Å². The molecule has 22 heavy (non-hydrogen) atoms. The van der Waals surface area contributed by atoms with Crippen molar-refractivity contribution in [3.63, 3.8) is 0 Å². The molecule has 2 rings (SSSR count). The summed E-state index contributed by atoms with van der Waals surface area (Å²) >= 11 is 0. The van der Waals surface area contributed by atoms with Gasteiger partial charge in [0.15, 0.2) is 11.3 Å². The van der Waals surface area contributed by atoms with Crippen molar-refractivity contribution in [2.24, 2.45) is 5.16 Å². The third-order valence-corrected chi connectivity index (χ3v) is 3.38. The Morgan fingerprint density at radius 1 is 1.23 bits per heavy atom. The number of carbonyl (C=O) groups is 2. The molecule has 5 N–H and O–H groups in total. The van der Waals surface area contributed by atoms with Gasteiger partial charge in [0.05, 0.1) is 0 Å². The smallest absolute Gasteiger partial charge is 0.353 e. The molecule has 1 atom stereocenters. The van der Waals surface area contributed by atoms with Crippen molar-refractivity contribution >= 4 is 28.6 Å². The predicted octanol–water partition coefficient (Wildman–Crippen LogP) is 0.831. The van der Waals surface area contributed by atoms with Gasteiger partial charge >= 0.3 is 11.9 Å². The maximum Gasteiger partial charge on any atom is 0.353 e. The van der Waals surface area contributed by atoms with Gasteiger partial charge in [0.2, 0.25) is 0 Å². The van der Waals surface area contributed by atoms with Gasteiger partial charge in [-0.15, -0.1) is 0 Å². The van der Waals surface area contributed by atoms with E-state index >= 15 is 0 Å². The molecule has 0 spiro atoms. The van der Waals surface area contributed by atoms with Gasteiger partial charge in [-0.1, -0.05) is 23.4 Å². The number of aromatic amines is 1. The lowest BCUT2D eigenvalue weighted by atomic mass is 9.89. The van der Waals surface area contributed by atoms with Gasteiger partial charge in [0.25, 0.3) is 0 Å². The van der Waals surface area contributed by atoms with Crippen molar-refractivity contribution in [3.05, 3.63) is 36.0 Å². The van der Waals surface area contributed by atoms with Gasteiger partial charge < -0.3 is 25.5 Å². The number of aliphatic hydroxyl groups is 1.